The normalized spacial score (nSPS) is 9.44. The summed E-state index contributed by atoms with van der Waals surface area (Å²) < 4.78 is 0.908. The molecule has 0 bridgehead atoms. The van der Waals surface area contributed by atoms with Gasteiger partial charge in [0.2, 0.25) is 12.4 Å². The van der Waals surface area contributed by atoms with Crippen LogP contribution in [0.25, 0.3) is 0 Å². The van der Waals surface area contributed by atoms with Crippen molar-refractivity contribution in [3.63, 3.8) is 0 Å². The lowest BCUT2D eigenvalue weighted by molar-refractivity contribution is -0.905. The second kappa shape index (κ2) is 2.46. The SMILES string of the molecule is OCc1ccc[n+](O)c1. The Bertz CT molecular complexity index is 200. The van der Waals surface area contributed by atoms with Gasteiger partial charge in [-0.15, -0.1) is 0 Å². The lowest BCUT2D eigenvalue weighted by Gasteiger charge is -1.87. The monoisotopic (exact) mass is 126 g/mol. The van der Waals surface area contributed by atoms with Crippen molar-refractivity contribution < 1.29 is 15.0 Å². The van der Waals surface area contributed by atoms with Gasteiger partial charge in [-0.1, -0.05) is 0 Å². The highest BCUT2D eigenvalue weighted by Crippen LogP contribution is 1.90. The average molecular weight is 126 g/mol. The standard InChI is InChI=1S/C6H8NO2/c8-5-6-2-1-3-7(9)4-6/h1-4,8-9H,5H2/q+1. The molecule has 0 aliphatic heterocycles. The minimum atomic E-state index is -0.0403. The maximum Gasteiger partial charge on any atom is 0.227 e. The van der Waals surface area contributed by atoms with E-state index in [1.165, 1.54) is 12.4 Å². The van der Waals surface area contributed by atoms with Crippen LogP contribution in [0.4, 0.5) is 0 Å². The van der Waals surface area contributed by atoms with Crippen molar-refractivity contribution in [2.75, 3.05) is 0 Å². The van der Waals surface area contributed by atoms with Gasteiger partial charge in [0.25, 0.3) is 0 Å². The van der Waals surface area contributed by atoms with Crippen LogP contribution in [-0.4, -0.2) is 10.3 Å². The predicted octanol–water partition coefficient (Wildman–Crippen LogP) is -0.296. The highest BCUT2D eigenvalue weighted by molar-refractivity contribution is 5.02. The quantitative estimate of drug-likeness (QED) is 0.401. The summed E-state index contributed by atoms with van der Waals surface area (Å²) in [5.74, 6) is 0. The molecule has 0 spiro atoms. The fourth-order valence-corrected chi connectivity index (χ4v) is 0.604. The number of pyridine rings is 1. The minimum Gasteiger partial charge on any atom is -0.391 e. The summed E-state index contributed by atoms with van der Waals surface area (Å²) >= 11 is 0. The van der Waals surface area contributed by atoms with Gasteiger partial charge in [0.05, 0.1) is 6.61 Å². The summed E-state index contributed by atoms with van der Waals surface area (Å²) in [6.45, 7) is -0.0403. The summed E-state index contributed by atoms with van der Waals surface area (Å²) in [6.07, 6.45) is 2.93. The molecule has 1 aromatic heterocycles. The van der Waals surface area contributed by atoms with Crippen molar-refractivity contribution in [1.29, 1.82) is 0 Å². The first kappa shape index (κ1) is 6.04. The number of aliphatic hydroxyl groups excluding tert-OH is 1. The van der Waals surface area contributed by atoms with Crippen LogP contribution in [0.5, 0.6) is 0 Å². The predicted molar refractivity (Wildman–Crippen MR) is 29.7 cm³/mol. The lowest BCUT2D eigenvalue weighted by Crippen LogP contribution is -2.28. The second-order valence-corrected chi connectivity index (χ2v) is 1.75. The maximum atomic E-state index is 8.75. The van der Waals surface area contributed by atoms with Crippen molar-refractivity contribution in [1.82, 2.24) is 0 Å². The van der Waals surface area contributed by atoms with Crippen LogP contribution in [0.1, 0.15) is 5.56 Å². The Balaban J connectivity index is 2.94. The highest BCUT2D eigenvalue weighted by atomic mass is 16.5. The van der Waals surface area contributed by atoms with Gasteiger partial charge in [-0.2, -0.15) is 0 Å². The molecule has 1 aromatic rings. The average Bonchev–Trinajstić information content (AvgIpc) is 1.88. The molecule has 0 unspecified atom stereocenters. The Morgan fingerprint density at radius 3 is 2.78 bits per heavy atom. The number of rotatable bonds is 1. The zero-order valence-corrected chi connectivity index (χ0v) is 4.86. The summed E-state index contributed by atoms with van der Waals surface area (Å²) in [7, 11) is 0. The van der Waals surface area contributed by atoms with E-state index in [0.717, 1.165) is 4.73 Å². The van der Waals surface area contributed by atoms with E-state index >= 15 is 0 Å². The first-order chi connectivity index (χ1) is 4.33. The lowest BCUT2D eigenvalue weighted by atomic mass is 10.3. The third-order valence-corrected chi connectivity index (χ3v) is 1.03. The molecule has 9 heavy (non-hydrogen) atoms. The molecule has 0 aromatic carbocycles. The highest BCUT2D eigenvalue weighted by Gasteiger charge is 1.95. The Labute approximate surface area is 52.8 Å². The Morgan fingerprint density at radius 2 is 2.33 bits per heavy atom. The van der Waals surface area contributed by atoms with Gasteiger partial charge in [-0.05, 0) is 6.07 Å². The van der Waals surface area contributed by atoms with Gasteiger partial charge in [-0.3, -0.25) is 5.21 Å². The Morgan fingerprint density at radius 1 is 1.56 bits per heavy atom. The van der Waals surface area contributed by atoms with E-state index in [-0.39, 0.29) is 6.61 Å². The van der Waals surface area contributed by atoms with E-state index in [0.29, 0.717) is 5.56 Å². The third kappa shape index (κ3) is 1.40. The van der Waals surface area contributed by atoms with Crippen LogP contribution in [-0.2, 0) is 6.61 Å². The molecule has 48 valence electrons. The van der Waals surface area contributed by atoms with E-state index in [1.54, 1.807) is 12.1 Å². The minimum absolute atomic E-state index is 0.0403. The van der Waals surface area contributed by atoms with Crippen LogP contribution in [0.15, 0.2) is 24.5 Å². The van der Waals surface area contributed by atoms with E-state index in [4.69, 9.17) is 10.3 Å². The molecular formula is C6H8NO2+. The molecule has 1 heterocycles. The molecule has 0 atom stereocenters. The molecule has 0 aliphatic carbocycles. The van der Waals surface area contributed by atoms with Crippen molar-refractivity contribution in [2.45, 2.75) is 6.61 Å². The zero-order valence-electron chi connectivity index (χ0n) is 4.86. The first-order valence-electron chi connectivity index (χ1n) is 2.63. The molecule has 3 heteroatoms. The molecular weight excluding hydrogens is 118 g/mol. The number of aliphatic hydroxyl groups is 1. The molecule has 0 saturated heterocycles. The smallest absolute Gasteiger partial charge is 0.227 e. The van der Waals surface area contributed by atoms with Crippen molar-refractivity contribution >= 4 is 0 Å². The molecule has 2 N–H and O–H groups in total. The van der Waals surface area contributed by atoms with Crippen molar-refractivity contribution in [3.05, 3.63) is 30.1 Å². The van der Waals surface area contributed by atoms with Gasteiger partial charge in [0, 0.05) is 16.4 Å². The Kier molecular flexibility index (Phi) is 1.65. The molecule has 3 nitrogen and oxygen atoms in total. The van der Waals surface area contributed by atoms with Gasteiger partial charge in [0.15, 0.2) is 0 Å². The van der Waals surface area contributed by atoms with Crippen molar-refractivity contribution in [2.24, 2.45) is 0 Å². The molecule has 0 fully saturated rings. The maximum absolute atomic E-state index is 8.75. The van der Waals surface area contributed by atoms with Crippen LogP contribution in [0.3, 0.4) is 0 Å². The largest absolute Gasteiger partial charge is 0.391 e. The van der Waals surface area contributed by atoms with Gasteiger partial charge in [-0.25, -0.2) is 0 Å². The number of nitrogens with zero attached hydrogens (tertiary/aromatic N) is 1. The van der Waals surface area contributed by atoms with E-state index in [1.807, 2.05) is 0 Å². The molecule has 0 radical (unpaired) electrons. The number of hydrogen-bond donors (Lipinski definition) is 2. The van der Waals surface area contributed by atoms with Crippen molar-refractivity contribution in [3.8, 4) is 0 Å². The summed E-state index contributed by atoms with van der Waals surface area (Å²) in [5.41, 5.74) is 0.694. The Hall–Kier alpha value is -1.09. The second-order valence-electron chi connectivity index (χ2n) is 1.75. The van der Waals surface area contributed by atoms with Crippen LogP contribution < -0.4 is 4.73 Å². The fraction of sp³-hybridized carbons (Fsp3) is 0.167. The molecule has 0 amide bonds. The molecule has 1 rings (SSSR count). The summed E-state index contributed by atoms with van der Waals surface area (Å²) in [6, 6.07) is 3.39. The zero-order chi connectivity index (χ0) is 6.69. The van der Waals surface area contributed by atoms with E-state index in [2.05, 4.69) is 0 Å². The molecule has 0 aliphatic rings. The third-order valence-electron chi connectivity index (χ3n) is 1.03. The summed E-state index contributed by atoms with van der Waals surface area (Å²) in [4.78, 5) is 0. The van der Waals surface area contributed by atoms with E-state index < -0.39 is 0 Å². The van der Waals surface area contributed by atoms with Gasteiger partial charge >= 0.3 is 0 Å². The van der Waals surface area contributed by atoms with Gasteiger partial charge in [0.1, 0.15) is 0 Å². The molecule has 0 saturated carbocycles. The topological polar surface area (TPSA) is 44.3 Å². The van der Waals surface area contributed by atoms with E-state index in [9.17, 15) is 0 Å². The first-order valence-corrected chi connectivity index (χ1v) is 2.63. The van der Waals surface area contributed by atoms with Crippen LogP contribution >= 0.6 is 0 Å². The summed E-state index contributed by atoms with van der Waals surface area (Å²) in [5, 5.41) is 17.3. The van der Waals surface area contributed by atoms with Crippen LogP contribution in [0.2, 0.25) is 0 Å². The number of hydrogen-bond acceptors (Lipinski definition) is 2. The van der Waals surface area contributed by atoms with Gasteiger partial charge < -0.3 is 5.11 Å². The number of aromatic nitrogens is 1. The fourth-order valence-electron chi connectivity index (χ4n) is 0.604. The van der Waals surface area contributed by atoms with Crippen LogP contribution in [0, 0.1) is 0 Å².